The van der Waals surface area contributed by atoms with E-state index in [1.54, 1.807) is 11.8 Å². The Morgan fingerprint density at radius 1 is 1.50 bits per heavy atom. The van der Waals surface area contributed by atoms with Crippen LogP contribution in [-0.4, -0.2) is 38.4 Å². The number of ether oxygens (including phenoxy) is 1. The molecule has 1 aromatic carbocycles. The van der Waals surface area contributed by atoms with Gasteiger partial charge >= 0.3 is 5.97 Å². The molecule has 0 unspecified atom stereocenters. The van der Waals surface area contributed by atoms with Gasteiger partial charge in [-0.25, -0.2) is 4.68 Å². The molecule has 0 saturated heterocycles. The van der Waals surface area contributed by atoms with E-state index in [4.69, 9.17) is 9.84 Å². The molecule has 2 aromatic rings. The summed E-state index contributed by atoms with van der Waals surface area (Å²) >= 11 is 3.37. The van der Waals surface area contributed by atoms with E-state index in [0.717, 1.165) is 10.0 Å². The van der Waals surface area contributed by atoms with Crippen molar-refractivity contribution in [2.24, 2.45) is 0 Å². The lowest BCUT2D eigenvalue weighted by atomic mass is 10.2. The molecule has 0 radical (unpaired) electrons. The van der Waals surface area contributed by atoms with Gasteiger partial charge in [0, 0.05) is 17.4 Å². The minimum absolute atomic E-state index is 0.0801. The van der Waals surface area contributed by atoms with Crippen molar-refractivity contribution >= 4 is 21.9 Å². The van der Waals surface area contributed by atoms with Crippen molar-refractivity contribution in [1.29, 1.82) is 0 Å². The Bertz CT molecular complexity index is 614. The summed E-state index contributed by atoms with van der Waals surface area (Å²) in [7, 11) is 1.57. The van der Waals surface area contributed by atoms with Crippen LogP contribution in [0.15, 0.2) is 22.7 Å². The number of carbonyl (C=O) groups is 1. The number of carboxylic acid groups (broad SMARTS) is 1. The molecule has 0 aliphatic heterocycles. The van der Waals surface area contributed by atoms with Crippen molar-refractivity contribution in [1.82, 2.24) is 20.2 Å². The number of aromatic nitrogens is 4. The summed E-state index contributed by atoms with van der Waals surface area (Å²) in [6, 6.07) is 5.54. The molecule has 0 saturated carbocycles. The molecule has 8 heteroatoms. The second-order valence-electron chi connectivity index (χ2n) is 4.07. The number of hydrogen-bond donors (Lipinski definition) is 1. The maximum absolute atomic E-state index is 10.5. The average Bonchev–Trinajstić information content (AvgIpc) is 2.86. The molecular formula is C12H13BrN4O3. The lowest BCUT2D eigenvalue weighted by Gasteiger charge is -2.09. The largest absolute Gasteiger partial charge is 0.496 e. The summed E-state index contributed by atoms with van der Waals surface area (Å²) in [5, 5.41) is 20.2. The predicted octanol–water partition coefficient (Wildman–Crippen LogP) is 1.98. The Morgan fingerprint density at radius 2 is 2.30 bits per heavy atom. The molecule has 0 aliphatic carbocycles. The van der Waals surface area contributed by atoms with E-state index in [1.807, 2.05) is 18.2 Å². The van der Waals surface area contributed by atoms with Gasteiger partial charge in [0.2, 0.25) is 0 Å². The van der Waals surface area contributed by atoms with Gasteiger partial charge in [-0.15, -0.1) is 5.10 Å². The minimum Gasteiger partial charge on any atom is -0.496 e. The van der Waals surface area contributed by atoms with E-state index in [1.165, 1.54) is 0 Å². The normalized spacial score (nSPS) is 10.5. The van der Waals surface area contributed by atoms with Crippen molar-refractivity contribution in [2.45, 2.75) is 19.4 Å². The fourth-order valence-electron chi connectivity index (χ4n) is 1.78. The fourth-order valence-corrected chi connectivity index (χ4v) is 2.12. The molecule has 1 N–H and O–H groups in total. The molecule has 20 heavy (non-hydrogen) atoms. The molecule has 0 aliphatic rings. The van der Waals surface area contributed by atoms with Crippen LogP contribution in [0, 0.1) is 0 Å². The van der Waals surface area contributed by atoms with E-state index in [2.05, 4.69) is 31.5 Å². The molecule has 0 atom stereocenters. The van der Waals surface area contributed by atoms with Gasteiger partial charge in [0.15, 0.2) is 5.82 Å². The van der Waals surface area contributed by atoms with Gasteiger partial charge in [0.25, 0.3) is 0 Å². The van der Waals surface area contributed by atoms with Crippen LogP contribution in [-0.2, 0) is 11.3 Å². The lowest BCUT2D eigenvalue weighted by molar-refractivity contribution is -0.137. The molecule has 0 amide bonds. The lowest BCUT2D eigenvalue weighted by Crippen LogP contribution is -2.06. The first-order valence-electron chi connectivity index (χ1n) is 5.93. The Balaban J connectivity index is 2.25. The molecule has 2 rings (SSSR count). The van der Waals surface area contributed by atoms with Gasteiger partial charge < -0.3 is 9.84 Å². The van der Waals surface area contributed by atoms with Crippen LogP contribution in [0.2, 0.25) is 0 Å². The monoisotopic (exact) mass is 340 g/mol. The summed E-state index contributed by atoms with van der Waals surface area (Å²) in [5.41, 5.74) is 0.760. The Morgan fingerprint density at radius 3 is 3.00 bits per heavy atom. The molecule has 106 valence electrons. The van der Waals surface area contributed by atoms with Gasteiger partial charge in [0.1, 0.15) is 5.75 Å². The smallest absolute Gasteiger partial charge is 0.303 e. The zero-order valence-electron chi connectivity index (χ0n) is 10.8. The van der Waals surface area contributed by atoms with Gasteiger partial charge in [-0.2, -0.15) is 0 Å². The second kappa shape index (κ2) is 6.47. The Hall–Kier alpha value is -1.96. The molecule has 1 aromatic heterocycles. The SMILES string of the molecule is COc1cc(Br)ccc1-c1nnnn1CCCC(=O)O. The minimum atomic E-state index is -0.833. The van der Waals surface area contributed by atoms with Gasteiger partial charge in [-0.1, -0.05) is 15.9 Å². The molecule has 0 bridgehead atoms. The van der Waals surface area contributed by atoms with Crippen LogP contribution < -0.4 is 4.74 Å². The highest BCUT2D eigenvalue weighted by Crippen LogP contribution is 2.30. The summed E-state index contributed by atoms with van der Waals surface area (Å²) in [6.07, 6.45) is 0.545. The number of methoxy groups -OCH3 is 1. The first kappa shape index (κ1) is 14.4. The van der Waals surface area contributed by atoms with E-state index < -0.39 is 5.97 Å². The zero-order valence-corrected chi connectivity index (χ0v) is 12.4. The quantitative estimate of drug-likeness (QED) is 0.864. The number of aliphatic carboxylic acids is 1. The highest BCUT2D eigenvalue weighted by Gasteiger charge is 2.14. The standard InChI is InChI=1S/C12H13BrN4O3/c1-20-10-7-8(13)4-5-9(10)12-14-15-16-17(12)6-2-3-11(18)19/h4-5,7H,2-3,6H2,1H3,(H,18,19). The van der Waals surface area contributed by atoms with Crippen LogP contribution in [0.3, 0.4) is 0 Å². The van der Waals surface area contributed by atoms with Crippen molar-refractivity contribution in [2.75, 3.05) is 7.11 Å². The van der Waals surface area contributed by atoms with E-state index in [-0.39, 0.29) is 6.42 Å². The topological polar surface area (TPSA) is 90.1 Å². The van der Waals surface area contributed by atoms with Crippen LogP contribution in [0.25, 0.3) is 11.4 Å². The fraction of sp³-hybridized carbons (Fsp3) is 0.333. The van der Waals surface area contributed by atoms with Crippen LogP contribution >= 0.6 is 15.9 Å². The highest BCUT2D eigenvalue weighted by atomic mass is 79.9. The van der Waals surface area contributed by atoms with E-state index in [9.17, 15) is 4.79 Å². The summed E-state index contributed by atoms with van der Waals surface area (Å²) in [6.45, 7) is 0.438. The molecule has 1 heterocycles. The third kappa shape index (κ3) is 3.32. The number of rotatable bonds is 6. The van der Waals surface area contributed by atoms with Crippen molar-refractivity contribution in [3.05, 3.63) is 22.7 Å². The Labute approximate surface area is 123 Å². The van der Waals surface area contributed by atoms with E-state index >= 15 is 0 Å². The average molecular weight is 341 g/mol. The van der Waals surface area contributed by atoms with Crippen LogP contribution in [0.5, 0.6) is 5.75 Å². The van der Waals surface area contributed by atoms with Crippen LogP contribution in [0.4, 0.5) is 0 Å². The number of aryl methyl sites for hydroxylation is 1. The number of tetrazole rings is 1. The number of benzene rings is 1. The van der Waals surface area contributed by atoms with Gasteiger partial charge in [0.05, 0.1) is 12.7 Å². The second-order valence-corrected chi connectivity index (χ2v) is 4.98. The summed E-state index contributed by atoms with van der Waals surface area (Å²) in [4.78, 5) is 10.5. The summed E-state index contributed by atoms with van der Waals surface area (Å²) in [5.74, 6) is 0.370. The first-order chi connectivity index (χ1) is 9.61. The van der Waals surface area contributed by atoms with Gasteiger partial charge in [-0.05, 0) is 35.0 Å². The number of halogens is 1. The van der Waals surface area contributed by atoms with Crippen LogP contribution in [0.1, 0.15) is 12.8 Å². The van der Waals surface area contributed by atoms with E-state index in [0.29, 0.717) is 24.5 Å². The zero-order chi connectivity index (χ0) is 14.5. The third-order valence-corrected chi connectivity index (χ3v) is 3.19. The maximum atomic E-state index is 10.5. The van der Waals surface area contributed by atoms with Crippen molar-refractivity contribution in [3.8, 4) is 17.1 Å². The molecule has 7 nitrogen and oxygen atoms in total. The highest BCUT2D eigenvalue weighted by molar-refractivity contribution is 9.10. The van der Waals surface area contributed by atoms with Gasteiger partial charge in [-0.3, -0.25) is 4.79 Å². The number of carboxylic acids is 1. The van der Waals surface area contributed by atoms with Crippen molar-refractivity contribution < 1.29 is 14.6 Å². The first-order valence-corrected chi connectivity index (χ1v) is 6.73. The number of hydrogen-bond acceptors (Lipinski definition) is 5. The Kier molecular flexibility index (Phi) is 4.67. The number of nitrogens with zero attached hydrogens (tertiary/aromatic N) is 4. The predicted molar refractivity (Wildman–Crippen MR) is 74.4 cm³/mol. The molecule has 0 fully saturated rings. The summed E-state index contributed by atoms with van der Waals surface area (Å²) < 4.78 is 7.78. The molecular weight excluding hydrogens is 328 g/mol. The third-order valence-electron chi connectivity index (χ3n) is 2.70. The maximum Gasteiger partial charge on any atom is 0.303 e. The van der Waals surface area contributed by atoms with Crippen molar-refractivity contribution in [3.63, 3.8) is 0 Å². The molecule has 0 spiro atoms.